The van der Waals surface area contributed by atoms with Crippen LogP contribution in [0, 0.1) is 0 Å². The molecule has 4 nitrogen and oxygen atoms in total. The van der Waals surface area contributed by atoms with Crippen LogP contribution in [0.5, 0.6) is 0 Å². The fraction of sp³-hybridized carbons (Fsp3) is 0.0659. The minimum absolute atomic E-state index is 0. The number of benzene rings is 14. The van der Waals surface area contributed by atoms with Crippen LogP contribution >= 0.6 is 43.3 Å². The Morgan fingerprint density at radius 1 is 0.294 bits per heavy atom. The smallest absolute Gasteiger partial charge is 0.256 e. The summed E-state index contributed by atoms with van der Waals surface area (Å²) in [6.45, 7) is 1.44. The van der Waals surface area contributed by atoms with E-state index in [4.69, 9.17) is 11.6 Å². The van der Waals surface area contributed by atoms with Crippen LogP contribution in [0.15, 0.2) is 417 Å². The molecule has 102 heavy (non-hydrogen) atoms. The Hall–Kier alpha value is -8.83. The van der Waals surface area contributed by atoms with Crippen LogP contribution in [0.4, 0.5) is 0 Å². The molecular weight excluding hydrogens is 1450 g/mol. The first-order chi connectivity index (χ1) is 49.8. The van der Waals surface area contributed by atoms with Gasteiger partial charge in [0.05, 0.1) is 5.75 Å². The molecule has 0 bridgehead atoms. The van der Waals surface area contributed by atoms with Crippen molar-refractivity contribution in [2.75, 3.05) is 18.8 Å². The zero-order chi connectivity index (χ0) is 69.1. The van der Waals surface area contributed by atoms with Gasteiger partial charge in [-0.1, -0.05) is 418 Å². The molecule has 0 unspecified atom stereocenters. The maximum Gasteiger partial charge on any atom is 0.256 e. The number of rotatable bonds is 14. The molecule has 0 amide bonds. The van der Waals surface area contributed by atoms with Crippen LogP contribution in [0.25, 0.3) is 11.1 Å². The maximum absolute atomic E-state index is 11.9. The predicted molar refractivity (Wildman–Crippen MR) is 442 cm³/mol. The van der Waals surface area contributed by atoms with Crippen molar-refractivity contribution in [1.82, 2.24) is 4.90 Å². The van der Waals surface area contributed by atoms with Crippen molar-refractivity contribution < 1.29 is 28.8 Å². The van der Waals surface area contributed by atoms with Crippen LogP contribution < -0.4 is 63.7 Å². The van der Waals surface area contributed by atoms with Gasteiger partial charge in [-0.05, 0) is 125 Å². The van der Waals surface area contributed by atoms with E-state index in [2.05, 4.69) is 385 Å². The molecule has 2 aliphatic rings. The van der Waals surface area contributed by atoms with Gasteiger partial charge in [0.15, 0.2) is 0 Å². The molecule has 1 saturated heterocycles. The fourth-order valence-corrected chi connectivity index (χ4v) is 22.9. The maximum atomic E-state index is 11.9. The van der Waals surface area contributed by atoms with Gasteiger partial charge < -0.3 is 4.90 Å². The van der Waals surface area contributed by atoms with Crippen molar-refractivity contribution in [2.24, 2.45) is 4.40 Å². The molecule has 0 spiro atoms. The van der Waals surface area contributed by atoms with Gasteiger partial charge in [0.1, 0.15) is 5.84 Å². The monoisotopic (exact) mass is 1530 g/mol. The van der Waals surface area contributed by atoms with E-state index in [9.17, 15) is 8.42 Å². The summed E-state index contributed by atoms with van der Waals surface area (Å²) < 4.78 is 27.9. The quantitative estimate of drug-likeness (QED) is 0.0805. The summed E-state index contributed by atoms with van der Waals surface area (Å²) in [4.78, 5) is 2.12. The van der Waals surface area contributed by atoms with E-state index < -0.39 is 41.7 Å². The van der Waals surface area contributed by atoms with E-state index in [-0.39, 0.29) is 32.1 Å². The molecule has 0 radical (unpaired) electrons. The molecule has 0 N–H and O–H groups in total. The first-order valence-electron chi connectivity index (χ1n) is 34.1. The Kier molecular flexibility index (Phi) is 28.4. The molecule has 2 aliphatic heterocycles. The van der Waals surface area contributed by atoms with Crippen molar-refractivity contribution in [3.8, 4) is 11.1 Å². The Balaban J connectivity index is 0.000000128. The van der Waals surface area contributed by atoms with E-state index in [0.29, 0.717) is 12.4 Å². The van der Waals surface area contributed by atoms with Gasteiger partial charge >= 0.3 is 0 Å². The fourth-order valence-electron chi connectivity index (χ4n) is 12.3. The minimum atomic E-state index is -3.32. The summed E-state index contributed by atoms with van der Waals surface area (Å²) in [6.07, 6.45) is 1.98. The zero-order valence-corrected chi connectivity index (χ0v) is 63.2. The molecule has 0 aliphatic carbocycles. The molecule has 11 heteroatoms. The first kappa shape index (κ1) is 74.4. The molecule has 1 fully saturated rings. The molecule has 0 aromatic heterocycles. The number of sulfonamides is 1. The summed E-state index contributed by atoms with van der Waals surface area (Å²) >= 11 is 6.28. The number of fused-ring (bicyclic) bond motifs is 1. The van der Waals surface area contributed by atoms with Gasteiger partial charge in [0.25, 0.3) is 10.0 Å². The predicted octanol–water partition coefficient (Wildman–Crippen LogP) is 17.7. The third-order valence-electron chi connectivity index (χ3n) is 17.1. The van der Waals surface area contributed by atoms with Gasteiger partial charge in [0, 0.05) is 50.0 Å². The molecule has 14 aromatic carbocycles. The number of nitrogens with zero attached hydrogens (tertiary/aromatic N) is 2. The number of hydrogen-bond donors (Lipinski definition) is 0. The second-order valence-electron chi connectivity index (χ2n) is 23.9. The minimum Gasteiger partial charge on any atom is -0.358 e. The third-order valence-corrected chi connectivity index (χ3v) is 28.3. The second kappa shape index (κ2) is 39.0. The average Bonchev–Trinajstić information content (AvgIpc) is 0.788. The summed E-state index contributed by atoms with van der Waals surface area (Å²) in [5.41, 5.74) is 3.16. The van der Waals surface area contributed by atoms with Gasteiger partial charge in [0.2, 0.25) is 0 Å². The summed E-state index contributed by atoms with van der Waals surface area (Å²) in [5.74, 6) is 0.876. The first-order valence-corrected chi connectivity index (χ1v) is 41.4. The van der Waals surface area contributed by atoms with Crippen molar-refractivity contribution in [1.29, 1.82) is 0 Å². The largest absolute Gasteiger partial charge is 0.358 e. The number of hydrogen-bond acceptors (Lipinski definition) is 3. The molecule has 508 valence electrons. The summed E-state index contributed by atoms with van der Waals surface area (Å²) in [5, 5.41) is 17.5. The van der Waals surface area contributed by atoms with Gasteiger partial charge in [-0.25, -0.2) is 8.42 Å². The molecule has 16 rings (SSSR count). The van der Waals surface area contributed by atoms with Gasteiger partial charge in [-0.15, -0.1) is 4.40 Å². The van der Waals surface area contributed by atoms with Gasteiger partial charge in [-0.3, -0.25) is 0 Å². The zero-order valence-electron chi connectivity index (χ0n) is 56.5. The van der Waals surface area contributed by atoms with Crippen LogP contribution in [-0.2, 0) is 30.4 Å². The third kappa shape index (κ3) is 20.7. The topological polar surface area (TPSA) is 49.7 Å². The van der Waals surface area contributed by atoms with E-state index in [1.807, 2.05) is 36.4 Å². The van der Waals surface area contributed by atoms with E-state index in [1.54, 1.807) is 0 Å². The average molecular weight is 1530 g/mol. The van der Waals surface area contributed by atoms with Crippen LogP contribution in [0.2, 0.25) is 5.02 Å². The van der Waals surface area contributed by atoms with E-state index in [1.165, 1.54) is 63.7 Å². The Bertz CT molecular complexity index is 4020. The van der Waals surface area contributed by atoms with Crippen molar-refractivity contribution in [3.05, 3.63) is 423 Å². The molecule has 0 saturated carbocycles. The molecule has 14 aromatic rings. The SMILES string of the molecule is O=S1(=O)CCN2CCC[C@@H](c3ccc(-c4ccccc4Cl)cc3)C2=N1.[Pd].c1ccc(P(c2ccccc2)c2ccccc2)cc1.c1ccc(P(c2ccccc2)c2ccccc2)cc1.c1ccc(P(c2ccccc2)c2ccccc2)cc1.c1ccc(P(c2ccccc2)c2ccccc2)cc1. The second-order valence-corrected chi connectivity index (χ2v) is 34.9. The van der Waals surface area contributed by atoms with Crippen molar-refractivity contribution in [2.45, 2.75) is 18.8 Å². The number of piperidine rings is 1. The normalized spacial score (nSPS) is 13.3. The Morgan fingerprint density at radius 3 is 0.755 bits per heavy atom. The number of amidine groups is 1. The Morgan fingerprint density at radius 2 is 0.520 bits per heavy atom. The van der Waals surface area contributed by atoms with Gasteiger partial charge in [-0.2, -0.15) is 0 Å². The molecule has 1 atom stereocenters. The summed E-state index contributed by atoms with van der Waals surface area (Å²) in [6, 6.07) is 145. The number of halogens is 1. The van der Waals surface area contributed by atoms with Crippen LogP contribution in [-0.4, -0.2) is 38.0 Å². The van der Waals surface area contributed by atoms with E-state index in [0.717, 1.165) is 41.1 Å². The molecular formula is C91H79ClN2O2P4PdS. The standard InChI is InChI=1S/C19H19ClN2O2S.4C18H15P.Pd/c20-18-6-2-1-4-16(18)14-7-9-15(10-8-14)17-5-3-11-22-12-13-25(23,24)21-19(17)22;4*1-4-10-16(11-5-1)19(17-12-6-2-7-13-17)18-14-8-3-9-15-18;/h1-2,4,6-10,17H,3,5,11-13H2;4*1-15H;/t17-;;;;;/m0...../s1. The van der Waals surface area contributed by atoms with E-state index >= 15 is 0 Å². The van der Waals surface area contributed by atoms with Crippen molar-refractivity contribution >= 4 is 123 Å². The van der Waals surface area contributed by atoms with Crippen molar-refractivity contribution in [3.63, 3.8) is 0 Å². The summed E-state index contributed by atoms with van der Waals surface area (Å²) in [7, 11) is -5.11. The Labute approximate surface area is 627 Å². The molecule has 2 heterocycles. The van der Waals surface area contributed by atoms with Crippen LogP contribution in [0.3, 0.4) is 0 Å². The van der Waals surface area contributed by atoms with Crippen LogP contribution in [0.1, 0.15) is 24.3 Å².